The van der Waals surface area contributed by atoms with Crippen molar-refractivity contribution in [2.24, 2.45) is 11.7 Å². The van der Waals surface area contributed by atoms with Crippen LogP contribution in [0.15, 0.2) is 6.07 Å². The molecule has 0 aliphatic rings. The molecule has 3 nitrogen and oxygen atoms in total. The van der Waals surface area contributed by atoms with Gasteiger partial charge in [0.15, 0.2) is 0 Å². The van der Waals surface area contributed by atoms with Crippen LogP contribution in [-0.2, 0) is 0 Å². The second kappa shape index (κ2) is 8.08. The van der Waals surface area contributed by atoms with Gasteiger partial charge in [-0.05, 0) is 31.4 Å². The molecule has 1 unspecified atom stereocenters. The van der Waals surface area contributed by atoms with Gasteiger partial charge in [-0.1, -0.05) is 32.1 Å². The summed E-state index contributed by atoms with van der Waals surface area (Å²) in [6, 6.07) is 1.94. The summed E-state index contributed by atoms with van der Waals surface area (Å²) in [5.74, 6) is 6.51. The van der Waals surface area contributed by atoms with Crippen LogP contribution in [0.3, 0.4) is 0 Å². The van der Waals surface area contributed by atoms with Crippen LogP contribution in [0.2, 0.25) is 0 Å². The Morgan fingerprint density at radius 1 is 1.50 bits per heavy atom. The molecule has 1 aromatic rings. The van der Waals surface area contributed by atoms with Crippen molar-refractivity contribution in [1.82, 2.24) is 4.90 Å². The third kappa shape index (κ3) is 4.36. The molecule has 4 heteroatoms. The number of hydrogen-bond donors (Lipinski definition) is 1. The summed E-state index contributed by atoms with van der Waals surface area (Å²) in [6.45, 7) is 10.2. The van der Waals surface area contributed by atoms with E-state index in [1.165, 1.54) is 11.3 Å². The van der Waals surface area contributed by atoms with Gasteiger partial charge in [0.25, 0.3) is 5.91 Å². The van der Waals surface area contributed by atoms with Crippen LogP contribution in [0.4, 0.5) is 0 Å². The molecule has 20 heavy (non-hydrogen) atoms. The van der Waals surface area contributed by atoms with E-state index in [1.807, 2.05) is 24.8 Å². The van der Waals surface area contributed by atoms with Crippen molar-refractivity contribution < 1.29 is 4.79 Å². The van der Waals surface area contributed by atoms with E-state index in [4.69, 9.17) is 5.73 Å². The molecule has 1 aromatic heterocycles. The zero-order valence-corrected chi connectivity index (χ0v) is 13.6. The first-order valence-corrected chi connectivity index (χ1v) is 7.93. The average molecular weight is 292 g/mol. The number of nitrogens with two attached hydrogens (primary N) is 1. The largest absolute Gasteiger partial charge is 0.338 e. The standard InChI is InChI=1S/C16H24N2OS/c1-5-12(3)11-18(6-2)16(19)15-10-13(4)14(20-15)8-7-9-17/h10,12H,5-6,9,11,17H2,1-4H3. The Balaban J connectivity index is 2.90. The molecular weight excluding hydrogens is 268 g/mol. The molecular formula is C16H24N2OS. The van der Waals surface area contributed by atoms with Crippen molar-refractivity contribution in [2.45, 2.75) is 34.1 Å². The minimum Gasteiger partial charge on any atom is -0.338 e. The monoisotopic (exact) mass is 292 g/mol. The van der Waals surface area contributed by atoms with Crippen molar-refractivity contribution in [1.29, 1.82) is 0 Å². The molecule has 0 aliphatic carbocycles. The zero-order valence-electron chi connectivity index (χ0n) is 12.8. The summed E-state index contributed by atoms with van der Waals surface area (Å²) in [4.78, 5) is 16.2. The van der Waals surface area contributed by atoms with Crippen LogP contribution in [0.25, 0.3) is 0 Å². The topological polar surface area (TPSA) is 46.3 Å². The molecule has 1 amide bonds. The minimum atomic E-state index is 0.113. The second-order valence-corrected chi connectivity index (χ2v) is 6.04. The fraction of sp³-hybridized carbons (Fsp3) is 0.562. The van der Waals surface area contributed by atoms with E-state index < -0.39 is 0 Å². The molecule has 0 fully saturated rings. The Morgan fingerprint density at radius 2 is 2.20 bits per heavy atom. The fourth-order valence-electron chi connectivity index (χ4n) is 1.86. The fourth-order valence-corrected chi connectivity index (χ4v) is 2.87. The van der Waals surface area contributed by atoms with Gasteiger partial charge in [0.2, 0.25) is 0 Å². The first-order valence-electron chi connectivity index (χ1n) is 7.12. The molecule has 0 saturated heterocycles. The quantitative estimate of drug-likeness (QED) is 0.848. The Labute approximate surface area is 126 Å². The maximum Gasteiger partial charge on any atom is 0.263 e. The molecule has 0 spiro atoms. The summed E-state index contributed by atoms with van der Waals surface area (Å²) < 4.78 is 0. The predicted molar refractivity (Wildman–Crippen MR) is 86.0 cm³/mol. The second-order valence-electron chi connectivity index (χ2n) is 4.99. The van der Waals surface area contributed by atoms with E-state index >= 15 is 0 Å². The number of thiophene rings is 1. The highest BCUT2D eigenvalue weighted by Crippen LogP contribution is 2.23. The van der Waals surface area contributed by atoms with Gasteiger partial charge < -0.3 is 10.6 Å². The van der Waals surface area contributed by atoms with Crippen LogP contribution < -0.4 is 5.73 Å². The number of aryl methyl sites for hydroxylation is 1. The van der Waals surface area contributed by atoms with Crippen molar-refractivity contribution in [2.75, 3.05) is 19.6 Å². The highest BCUT2D eigenvalue weighted by Gasteiger charge is 2.19. The summed E-state index contributed by atoms with van der Waals surface area (Å²) >= 11 is 1.47. The summed E-state index contributed by atoms with van der Waals surface area (Å²) in [5.41, 5.74) is 6.44. The van der Waals surface area contributed by atoms with Gasteiger partial charge >= 0.3 is 0 Å². The van der Waals surface area contributed by atoms with E-state index in [9.17, 15) is 4.79 Å². The van der Waals surface area contributed by atoms with E-state index in [0.717, 1.165) is 34.8 Å². The van der Waals surface area contributed by atoms with Gasteiger partial charge in [0.05, 0.1) is 16.3 Å². The Bertz CT molecular complexity index is 510. The van der Waals surface area contributed by atoms with Crippen LogP contribution in [0.1, 0.15) is 47.3 Å². The number of rotatable bonds is 5. The Morgan fingerprint density at radius 3 is 2.75 bits per heavy atom. The van der Waals surface area contributed by atoms with Crippen molar-refractivity contribution >= 4 is 17.2 Å². The Hall–Kier alpha value is -1.31. The van der Waals surface area contributed by atoms with Crippen LogP contribution in [-0.4, -0.2) is 30.4 Å². The van der Waals surface area contributed by atoms with E-state index in [0.29, 0.717) is 12.5 Å². The maximum absolute atomic E-state index is 12.5. The number of hydrogen-bond acceptors (Lipinski definition) is 3. The van der Waals surface area contributed by atoms with Crippen LogP contribution in [0, 0.1) is 24.7 Å². The molecule has 110 valence electrons. The van der Waals surface area contributed by atoms with Gasteiger partial charge in [-0.15, -0.1) is 11.3 Å². The minimum absolute atomic E-state index is 0.113. The van der Waals surface area contributed by atoms with Crippen LogP contribution >= 0.6 is 11.3 Å². The molecule has 2 N–H and O–H groups in total. The van der Waals surface area contributed by atoms with Crippen LogP contribution in [0.5, 0.6) is 0 Å². The molecule has 0 aliphatic heterocycles. The van der Waals surface area contributed by atoms with Crippen molar-refractivity contribution in [3.05, 3.63) is 21.4 Å². The van der Waals surface area contributed by atoms with Gasteiger partial charge in [0, 0.05) is 13.1 Å². The van der Waals surface area contributed by atoms with Crippen molar-refractivity contribution in [3.63, 3.8) is 0 Å². The molecule has 0 saturated carbocycles. The SMILES string of the molecule is CCC(C)CN(CC)C(=O)c1cc(C)c(C#CCN)s1. The maximum atomic E-state index is 12.5. The van der Waals surface area contributed by atoms with Gasteiger partial charge in [-0.3, -0.25) is 4.79 Å². The van der Waals surface area contributed by atoms with E-state index in [1.54, 1.807) is 0 Å². The molecule has 0 bridgehead atoms. The molecule has 1 rings (SSSR count). The molecule has 0 aromatic carbocycles. The highest BCUT2D eigenvalue weighted by atomic mass is 32.1. The number of amides is 1. The average Bonchev–Trinajstić information content (AvgIpc) is 2.82. The third-order valence-corrected chi connectivity index (χ3v) is 4.47. The first kappa shape index (κ1) is 16.7. The normalized spacial score (nSPS) is 11.7. The van der Waals surface area contributed by atoms with Crippen molar-refractivity contribution in [3.8, 4) is 11.8 Å². The molecule has 0 radical (unpaired) electrons. The lowest BCUT2D eigenvalue weighted by molar-refractivity contribution is 0.0745. The number of carbonyl (C=O) groups excluding carboxylic acids is 1. The van der Waals surface area contributed by atoms with Gasteiger partial charge in [0.1, 0.15) is 0 Å². The lowest BCUT2D eigenvalue weighted by atomic mass is 10.1. The highest BCUT2D eigenvalue weighted by molar-refractivity contribution is 7.14. The number of carbonyl (C=O) groups is 1. The van der Waals surface area contributed by atoms with Gasteiger partial charge in [-0.25, -0.2) is 0 Å². The number of nitrogens with zero attached hydrogens (tertiary/aromatic N) is 1. The van der Waals surface area contributed by atoms with Gasteiger partial charge in [-0.2, -0.15) is 0 Å². The smallest absolute Gasteiger partial charge is 0.263 e. The Kier molecular flexibility index (Phi) is 6.77. The third-order valence-electron chi connectivity index (χ3n) is 3.33. The first-order chi connectivity index (χ1) is 9.53. The summed E-state index contributed by atoms with van der Waals surface area (Å²) in [7, 11) is 0. The predicted octanol–water partition coefficient (Wildman–Crippen LogP) is 2.87. The zero-order chi connectivity index (χ0) is 15.1. The molecule has 1 heterocycles. The van der Waals surface area contributed by atoms with E-state index in [-0.39, 0.29) is 5.91 Å². The summed E-state index contributed by atoms with van der Waals surface area (Å²) in [5, 5.41) is 0. The molecule has 1 atom stereocenters. The van der Waals surface area contributed by atoms with E-state index in [2.05, 4.69) is 25.7 Å². The summed E-state index contributed by atoms with van der Waals surface area (Å²) in [6.07, 6.45) is 1.08. The lowest BCUT2D eigenvalue weighted by Crippen LogP contribution is -2.34. The lowest BCUT2D eigenvalue weighted by Gasteiger charge is -2.23.